The molecule has 6 nitrogen and oxygen atoms in total. The van der Waals surface area contributed by atoms with E-state index in [2.05, 4.69) is 32.5 Å². The lowest BCUT2D eigenvalue weighted by atomic mass is 9.80. The lowest BCUT2D eigenvalue weighted by Gasteiger charge is -2.28. The summed E-state index contributed by atoms with van der Waals surface area (Å²) in [5, 5.41) is 6.37. The smallest absolute Gasteiger partial charge is 0.231 e. The largest absolute Gasteiger partial charge is 0.357 e. The first kappa shape index (κ1) is 14.8. The molecule has 6 heteroatoms. The minimum Gasteiger partial charge on any atom is -0.357 e. The molecule has 2 rings (SSSR count). The van der Waals surface area contributed by atoms with Crippen LogP contribution in [0.25, 0.3) is 0 Å². The second-order valence-corrected chi connectivity index (χ2v) is 5.83. The zero-order chi connectivity index (χ0) is 14.5. The van der Waals surface area contributed by atoms with E-state index in [-0.39, 0.29) is 0 Å². The van der Waals surface area contributed by atoms with Crippen LogP contribution >= 0.6 is 0 Å². The maximum Gasteiger partial charge on any atom is 0.231 e. The Bertz CT molecular complexity index is 434. The summed E-state index contributed by atoms with van der Waals surface area (Å²) >= 11 is 0. The van der Waals surface area contributed by atoms with Gasteiger partial charge in [-0.15, -0.1) is 0 Å². The molecule has 112 valence electrons. The van der Waals surface area contributed by atoms with Gasteiger partial charge in [0.1, 0.15) is 0 Å². The molecule has 1 heterocycles. The molecule has 1 saturated carbocycles. The molecule has 0 aromatic carbocycles. The Morgan fingerprint density at radius 2 is 1.80 bits per heavy atom. The van der Waals surface area contributed by atoms with Crippen molar-refractivity contribution in [2.45, 2.75) is 32.6 Å². The summed E-state index contributed by atoms with van der Waals surface area (Å²) in [5.41, 5.74) is 0. The summed E-state index contributed by atoms with van der Waals surface area (Å²) in [4.78, 5) is 15.0. The average Bonchev–Trinajstić information content (AvgIpc) is 2.46. The summed E-state index contributed by atoms with van der Waals surface area (Å²) in [5.74, 6) is 3.44. The molecule has 0 bridgehead atoms. The van der Waals surface area contributed by atoms with Crippen molar-refractivity contribution >= 4 is 17.8 Å². The van der Waals surface area contributed by atoms with E-state index in [1.807, 2.05) is 26.0 Å². The second kappa shape index (κ2) is 6.72. The third kappa shape index (κ3) is 3.71. The van der Waals surface area contributed by atoms with Gasteiger partial charge in [-0.3, -0.25) is 0 Å². The van der Waals surface area contributed by atoms with Crippen molar-refractivity contribution in [3.63, 3.8) is 0 Å². The predicted molar refractivity (Wildman–Crippen MR) is 83.3 cm³/mol. The first-order valence-corrected chi connectivity index (χ1v) is 7.45. The number of rotatable bonds is 5. The zero-order valence-corrected chi connectivity index (χ0v) is 13.0. The van der Waals surface area contributed by atoms with Crippen molar-refractivity contribution in [2.24, 2.45) is 11.8 Å². The molecular weight excluding hydrogens is 252 g/mol. The molecule has 20 heavy (non-hydrogen) atoms. The van der Waals surface area contributed by atoms with E-state index in [4.69, 9.17) is 0 Å². The fourth-order valence-corrected chi connectivity index (χ4v) is 2.67. The Morgan fingerprint density at radius 1 is 1.10 bits per heavy atom. The van der Waals surface area contributed by atoms with Gasteiger partial charge in [-0.1, -0.05) is 26.2 Å². The van der Waals surface area contributed by atoms with Crippen LogP contribution in [0.4, 0.5) is 17.8 Å². The van der Waals surface area contributed by atoms with Gasteiger partial charge < -0.3 is 15.5 Å². The van der Waals surface area contributed by atoms with E-state index in [1.165, 1.54) is 25.7 Å². The first-order chi connectivity index (χ1) is 9.60. The summed E-state index contributed by atoms with van der Waals surface area (Å²) in [6.45, 7) is 3.30. The van der Waals surface area contributed by atoms with Gasteiger partial charge in [0, 0.05) is 27.7 Å². The normalized spacial score (nSPS) is 22.4. The summed E-state index contributed by atoms with van der Waals surface area (Å²) < 4.78 is 0. The molecule has 0 aliphatic heterocycles. The standard InChI is InChI=1S/C14H26N6/c1-10-7-5-6-8-11(10)9-16-13-17-12(15-2)18-14(19-13)20(3)4/h10-11H,5-9H2,1-4H3,(H2,15,16,17,18,19). The van der Waals surface area contributed by atoms with Gasteiger partial charge >= 0.3 is 0 Å². The molecule has 1 aliphatic rings. The molecule has 0 saturated heterocycles. The number of hydrogen-bond acceptors (Lipinski definition) is 6. The van der Waals surface area contributed by atoms with Crippen LogP contribution in [0.2, 0.25) is 0 Å². The Labute approximate surface area is 121 Å². The highest BCUT2D eigenvalue weighted by Gasteiger charge is 2.21. The Kier molecular flexibility index (Phi) is 4.98. The number of nitrogens with one attached hydrogen (secondary N) is 2. The van der Waals surface area contributed by atoms with Crippen LogP contribution < -0.4 is 15.5 Å². The SMILES string of the molecule is CNc1nc(NCC2CCCCC2C)nc(N(C)C)n1. The van der Waals surface area contributed by atoms with Crippen molar-refractivity contribution in [2.75, 3.05) is 43.2 Å². The third-order valence-corrected chi connectivity index (χ3v) is 4.06. The van der Waals surface area contributed by atoms with Crippen LogP contribution in [-0.2, 0) is 0 Å². The van der Waals surface area contributed by atoms with E-state index in [1.54, 1.807) is 0 Å². The van der Waals surface area contributed by atoms with E-state index < -0.39 is 0 Å². The van der Waals surface area contributed by atoms with Crippen molar-refractivity contribution in [1.82, 2.24) is 15.0 Å². The van der Waals surface area contributed by atoms with Crippen LogP contribution in [0.1, 0.15) is 32.6 Å². The average molecular weight is 278 g/mol. The molecule has 1 aliphatic carbocycles. The molecule has 2 unspecified atom stereocenters. The van der Waals surface area contributed by atoms with Gasteiger partial charge in [0.05, 0.1) is 0 Å². The van der Waals surface area contributed by atoms with Crippen LogP contribution in [0, 0.1) is 11.8 Å². The highest BCUT2D eigenvalue weighted by atomic mass is 15.3. The maximum atomic E-state index is 4.44. The van der Waals surface area contributed by atoms with E-state index in [9.17, 15) is 0 Å². The Balaban J connectivity index is 2.02. The number of aromatic nitrogens is 3. The molecule has 0 radical (unpaired) electrons. The minimum atomic E-state index is 0.600. The first-order valence-electron chi connectivity index (χ1n) is 7.45. The third-order valence-electron chi connectivity index (χ3n) is 4.06. The maximum absolute atomic E-state index is 4.44. The summed E-state index contributed by atoms with van der Waals surface area (Å²) in [6.07, 6.45) is 5.36. The van der Waals surface area contributed by atoms with Gasteiger partial charge in [0.25, 0.3) is 0 Å². The quantitative estimate of drug-likeness (QED) is 0.861. The Morgan fingerprint density at radius 3 is 2.45 bits per heavy atom. The van der Waals surface area contributed by atoms with E-state index in [0.29, 0.717) is 17.8 Å². The van der Waals surface area contributed by atoms with Gasteiger partial charge in [0.2, 0.25) is 17.8 Å². The van der Waals surface area contributed by atoms with Crippen LogP contribution in [-0.4, -0.2) is 42.6 Å². The number of nitrogens with zero attached hydrogens (tertiary/aromatic N) is 4. The second-order valence-electron chi connectivity index (χ2n) is 5.83. The molecule has 1 fully saturated rings. The van der Waals surface area contributed by atoms with E-state index in [0.717, 1.165) is 18.4 Å². The molecule has 2 atom stereocenters. The topological polar surface area (TPSA) is 66.0 Å². The monoisotopic (exact) mass is 278 g/mol. The van der Waals surface area contributed by atoms with Crippen LogP contribution in [0.5, 0.6) is 0 Å². The minimum absolute atomic E-state index is 0.600. The molecule has 0 amide bonds. The molecule has 0 spiro atoms. The Hall–Kier alpha value is -1.59. The lowest BCUT2D eigenvalue weighted by Crippen LogP contribution is -2.25. The predicted octanol–water partition coefficient (Wildman–Crippen LogP) is 2.22. The molecular formula is C14H26N6. The van der Waals surface area contributed by atoms with Gasteiger partial charge in [-0.05, 0) is 18.3 Å². The number of anilines is 3. The van der Waals surface area contributed by atoms with E-state index >= 15 is 0 Å². The fraction of sp³-hybridized carbons (Fsp3) is 0.786. The van der Waals surface area contributed by atoms with Gasteiger partial charge in [0.15, 0.2) is 0 Å². The highest BCUT2D eigenvalue weighted by molar-refractivity contribution is 5.42. The van der Waals surface area contributed by atoms with Crippen molar-refractivity contribution in [3.8, 4) is 0 Å². The lowest BCUT2D eigenvalue weighted by molar-refractivity contribution is 0.268. The van der Waals surface area contributed by atoms with Crippen molar-refractivity contribution in [1.29, 1.82) is 0 Å². The molecule has 1 aromatic rings. The zero-order valence-electron chi connectivity index (χ0n) is 13.0. The molecule has 1 aromatic heterocycles. The summed E-state index contributed by atoms with van der Waals surface area (Å²) in [6, 6.07) is 0. The molecule has 2 N–H and O–H groups in total. The number of hydrogen-bond donors (Lipinski definition) is 2. The van der Waals surface area contributed by atoms with Crippen LogP contribution in [0.15, 0.2) is 0 Å². The van der Waals surface area contributed by atoms with Gasteiger partial charge in [-0.25, -0.2) is 0 Å². The van der Waals surface area contributed by atoms with Crippen molar-refractivity contribution < 1.29 is 0 Å². The highest BCUT2D eigenvalue weighted by Crippen LogP contribution is 2.29. The fourth-order valence-electron chi connectivity index (χ4n) is 2.67. The van der Waals surface area contributed by atoms with Gasteiger partial charge in [-0.2, -0.15) is 15.0 Å². The van der Waals surface area contributed by atoms with Crippen LogP contribution in [0.3, 0.4) is 0 Å². The van der Waals surface area contributed by atoms with Crippen molar-refractivity contribution in [3.05, 3.63) is 0 Å². The summed E-state index contributed by atoms with van der Waals surface area (Å²) in [7, 11) is 5.69.